The molecule has 0 heterocycles. The zero-order chi connectivity index (χ0) is 21.5. The van der Waals surface area contributed by atoms with Gasteiger partial charge in [0.25, 0.3) is 5.91 Å². The van der Waals surface area contributed by atoms with Crippen molar-refractivity contribution in [1.82, 2.24) is 10.2 Å². The Balaban J connectivity index is 1.64. The van der Waals surface area contributed by atoms with Gasteiger partial charge in [-0.1, -0.05) is 76.0 Å². The van der Waals surface area contributed by atoms with Crippen LogP contribution in [0.25, 0.3) is 0 Å². The molecule has 0 spiro atoms. The monoisotopic (exact) mass is 424 g/mol. The molecule has 1 aromatic rings. The Morgan fingerprint density at radius 1 is 0.742 bits per heavy atom. The van der Waals surface area contributed by atoms with Gasteiger partial charge in [0.1, 0.15) is 6.04 Å². The summed E-state index contributed by atoms with van der Waals surface area (Å²) in [4.78, 5) is 29.8. The van der Waals surface area contributed by atoms with Crippen LogP contribution < -0.4 is 5.32 Å². The number of amides is 2. The van der Waals surface area contributed by atoms with Crippen LogP contribution in [0.5, 0.6) is 0 Å². The van der Waals surface area contributed by atoms with Crippen LogP contribution in [-0.4, -0.2) is 34.8 Å². The largest absolute Gasteiger partial charge is 0.352 e. The van der Waals surface area contributed by atoms with Crippen LogP contribution in [0.4, 0.5) is 0 Å². The van der Waals surface area contributed by atoms with E-state index in [9.17, 15) is 9.59 Å². The van der Waals surface area contributed by atoms with E-state index in [1.54, 1.807) is 0 Å². The van der Waals surface area contributed by atoms with E-state index < -0.39 is 0 Å². The standard InChI is InChI=1S/C27H40N2O2/c30-26(28-23-17-9-3-10-18-23)25(21-13-5-1-6-14-21)29(24-19-11-4-12-20-24)27(31)22-15-7-2-8-16-22/h2,7-8,15-16,21,23-25H,1,3-6,9-14,17-20H2,(H,28,30). The highest BCUT2D eigenvalue weighted by Gasteiger charge is 2.41. The van der Waals surface area contributed by atoms with Crippen molar-refractivity contribution in [2.45, 2.75) is 114 Å². The van der Waals surface area contributed by atoms with E-state index in [0.717, 1.165) is 56.9 Å². The second-order valence-electron chi connectivity index (χ2n) is 10.1. The highest BCUT2D eigenvalue weighted by Crippen LogP contribution is 2.34. The second kappa shape index (κ2) is 11.2. The van der Waals surface area contributed by atoms with Crippen LogP contribution in [-0.2, 0) is 4.79 Å². The average molecular weight is 425 g/mol. The molecule has 3 saturated carbocycles. The third-order valence-corrected chi connectivity index (χ3v) is 7.84. The maximum atomic E-state index is 13.9. The smallest absolute Gasteiger partial charge is 0.254 e. The minimum Gasteiger partial charge on any atom is -0.352 e. The van der Waals surface area contributed by atoms with E-state index in [2.05, 4.69) is 10.2 Å². The van der Waals surface area contributed by atoms with E-state index >= 15 is 0 Å². The Morgan fingerprint density at radius 3 is 1.90 bits per heavy atom. The third-order valence-electron chi connectivity index (χ3n) is 7.84. The maximum Gasteiger partial charge on any atom is 0.254 e. The van der Waals surface area contributed by atoms with Gasteiger partial charge < -0.3 is 10.2 Å². The van der Waals surface area contributed by atoms with Gasteiger partial charge in [0.2, 0.25) is 5.91 Å². The fourth-order valence-electron chi connectivity index (χ4n) is 6.16. The molecule has 4 heteroatoms. The summed E-state index contributed by atoms with van der Waals surface area (Å²) in [7, 11) is 0. The molecule has 0 saturated heterocycles. The lowest BCUT2D eigenvalue weighted by molar-refractivity contribution is -0.130. The molecular formula is C27H40N2O2. The SMILES string of the molecule is O=C(NC1CCCCC1)C(C1CCCCC1)N(C(=O)c1ccccc1)C1CCCCC1. The first-order valence-electron chi connectivity index (χ1n) is 12.9. The van der Waals surface area contributed by atoms with Crippen molar-refractivity contribution in [3.8, 4) is 0 Å². The van der Waals surface area contributed by atoms with Gasteiger partial charge in [0.05, 0.1) is 0 Å². The Labute approximate surface area is 188 Å². The second-order valence-corrected chi connectivity index (χ2v) is 10.1. The van der Waals surface area contributed by atoms with Crippen LogP contribution >= 0.6 is 0 Å². The molecule has 0 aliphatic heterocycles. The minimum absolute atomic E-state index is 0.0573. The molecule has 3 aliphatic rings. The zero-order valence-electron chi connectivity index (χ0n) is 19.1. The van der Waals surface area contributed by atoms with E-state index in [4.69, 9.17) is 0 Å². The normalized spacial score (nSPS) is 22.6. The van der Waals surface area contributed by atoms with Crippen molar-refractivity contribution in [2.75, 3.05) is 0 Å². The molecule has 170 valence electrons. The van der Waals surface area contributed by atoms with Crippen molar-refractivity contribution >= 4 is 11.8 Å². The maximum absolute atomic E-state index is 13.9. The average Bonchev–Trinajstić information content (AvgIpc) is 2.84. The van der Waals surface area contributed by atoms with Crippen molar-refractivity contribution in [2.24, 2.45) is 5.92 Å². The molecule has 2 amide bonds. The van der Waals surface area contributed by atoms with E-state index in [1.165, 1.54) is 44.9 Å². The summed E-state index contributed by atoms with van der Waals surface area (Å²) in [5, 5.41) is 3.41. The molecule has 31 heavy (non-hydrogen) atoms. The van der Waals surface area contributed by atoms with Crippen LogP contribution in [0.1, 0.15) is 107 Å². The molecule has 4 rings (SSSR count). The summed E-state index contributed by atoms with van der Waals surface area (Å²) >= 11 is 0. The number of benzene rings is 1. The predicted molar refractivity (Wildman–Crippen MR) is 125 cm³/mol. The van der Waals surface area contributed by atoms with Gasteiger partial charge >= 0.3 is 0 Å². The Kier molecular flexibility index (Phi) is 8.04. The van der Waals surface area contributed by atoms with Gasteiger partial charge in [-0.15, -0.1) is 0 Å². The number of carbonyl (C=O) groups is 2. The van der Waals surface area contributed by atoms with Crippen molar-refractivity contribution in [3.63, 3.8) is 0 Å². The number of hydrogen-bond donors (Lipinski definition) is 1. The Hall–Kier alpha value is -1.84. The topological polar surface area (TPSA) is 49.4 Å². The molecule has 1 aromatic carbocycles. The van der Waals surface area contributed by atoms with E-state index in [1.807, 2.05) is 30.3 Å². The first-order chi connectivity index (χ1) is 15.2. The molecule has 1 N–H and O–H groups in total. The number of carbonyl (C=O) groups excluding carboxylic acids is 2. The molecule has 0 radical (unpaired) electrons. The minimum atomic E-state index is -0.321. The molecular weight excluding hydrogens is 384 g/mol. The summed E-state index contributed by atoms with van der Waals surface area (Å²) in [5.74, 6) is 0.461. The highest BCUT2D eigenvalue weighted by atomic mass is 16.2. The van der Waals surface area contributed by atoms with Crippen molar-refractivity contribution in [1.29, 1.82) is 0 Å². The summed E-state index contributed by atoms with van der Waals surface area (Å²) < 4.78 is 0. The summed E-state index contributed by atoms with van der Waals surface area (Å²) in [6.45, 7) is 0. The van der Waals surface area contributed by atoms with E-state index in [-0.39, 0.29) is 35.9 Å². The van der Waals surface area contributed by atoms with Gasteiger partial charge in [-0.3, -0.25) is 9.59 Å². The van der Waals surface area contributed by atoms with Crippen LogP contribution in [0.15, 0.2) is 30.3 Å². The molecule has 3 aliphatic carbocycles. The number of nitrogens with zero attached hydrogens (tertiary/aromatic N) is 1. The Bertz CT molecular complexity index is 701. The lowest BCUT2D eigenvalue weighted by atomic mass is 9.80. The van der Waals surface area contributed by atoms with Crippen LogP contribution in [0.3, 0.4) is 0 Å². The van der Waals surface area contributed by atoms with Gasteiger partial charge in [-0.2, -0.15) is 0 Å². The third kappa shape index (κ3) is 5.70. The predicted octanol–water partition coefficient (Wildman–Crippen LogP) is 5.86. The van der Waals surface area contributed by atoms with Gasteiger partial charge in [0, 0.05) is 17.6 Å². The quantitative estimate of drug-likeness (QED) is 0.622. The summed E-state index contributed by atoms with van der Waals surface area (Å²) in [5.41, 5.74) is 0.722. The molecule has 1 atom stereocenters. The lowest BCUT2D eigenvalue weighted by Crippen LogP contribution is -2.59. The zero-order valence-corrected chi connectivity index (χ0v) is 19.1. The summed E-state index contributed by atoms with van der Waals surface area (Å²) in [6.07, 6.45) is 17.2. The molecule has 0 aromatic heterocycles. The highest BCUT2D eigenvalue weighted by molar-refractivity contribution is 5.98. The lowest BCUT2D eigenvalue weighted by Gasteiger charge is -2.44. The number of hydrogen-bond acceptors (Lipinski definition) is 2. The fourth-order valence-corrected chi connectivity index (χ4v) is 6.16. The van der Waals surface area contributed by atoms with Crippen molar-refractivity contribution in [3.05, 3.63) is 35.9 Å². The van der Waals surface area contributed by atoms with E-state index in [0.29, 0.717) is 0 Å². The first-order valence-corrected chi connectivity index (χ1v) is 12.9. The van der Waals surface area contributed by atoms with Gasteiger partial charge in [-0.25, -0.2) is 0 Å². The van der Waals surface area contributed by atoms with Gasteiger partial charge in [0.15, 0.2) is 0 Å². The van der Waals surface area contributed by atoms with Crippen molar-refractivity contribution < 1.29 is 9.59 Å². The molecule has 4 nitrogen and oxygen atoms in total. The number of nitrogens with one attached hydrogen (secondary N) is 1. The Morgan fingerprint density at radius 2 is 1.29 bits per heavy atom. The number of rotatable bonds is 6. The first kappa shape index (κ1) is 22.4. The molecule has 0 bridgehead atoms. The molecule has 1 unspecified atom stereocenters. The van der Waals surface area contributed by atoms with Crippen LogP contribution in [0.2, 0.25) is 0 Å². The van der Waals surface area contributed by atoms with Gasteiger partial charge in [-0.05, 0) is 56.6 Å². The molecule has 3 fully saturated rings. The fraction of sp³-hybridized carbons (Fsp3) is 0.704. The summed E-state index contributed by atoms with van der Waals surface area (Å²) in [6, 6.07) is 9.80. The van der Waals surface area contributed by atoms with Crippen LogP contribution in [0, 0.1) is 5.92 Å².